The third kappa shape index (κ3) is 3.02. The molecule has 3 fully saturated rings. The van der Waals surface area contributed by atoms with Gasteiger partial charge in [-0.25, -0.2) is 4.98 Å². The van der Waals surface area contributed by atoms with Crippen LogP contribution >= 0.6 is 0 Å². The lowest BCUT2D eigenvalue weighted by Gasteiger charge is -2.52. The first kappa shape index (κ1) is 19.4. The lowest BCUT2D eigenvalue weighted by molar-refractivity contribution is 0.0263. The molecule has 3 aromatic rings. The van der Waals surface area contributed by atoms with E-state index < -0.39 is 0 Å². The highest BCUT2D eigenvalue weighted by atomic mass is 15.3. The van der Waals surface area contributed by atoms with Crippen LogP contribution in [-0.4, -0.2) is 31.4 Å². The second-order valence-corrected chi connectivity index (χ2v) is 10.6. The highest BCUT2D eigenvalue weighted by molar-refractivity contribution is 5.90. The molecule has 0 radical (unpaired) electrons. The number of pyridine rings is 1. The zero-order valence-corrected chi connectivity index (χ0v) is 19.1. The van der Waals surface area contributed by atoms with Gasteiger partial charge in [0.05, 0.1) is 5.69 Å². The van der Waals surface area contributed by atoms with E-state index in [0.717, 1.165) is 37.4 Å². The third-order valence-electron chi connectivity index (χ3n) is 8.56. The summed E-state index contributed by atoms with van der Waals surface area (Å²) < 4.78 is 4.50. The summed E-state index contributed by atoms with van der Waals surface area (Å²) in [5, 5.41) is 6.31. The molecule has 7 rings (SSSR count). The number of fused-ring (bicyclic) bond motifs is 5. The van der Waals surface area contributed by atoms with Crippen molar-refractivity contribution in [2.45, 2.75) is 77.4 Å². The van der Waals surface area contributed by atoms with Crippen LogP contribution < -0.4 is 10.6 Å². The molecule has 4 heterocycles. The van der Waals surface area contributed by atoms with Gasteiger partial charge in [-0.1, -0.05) is 0 Å². The molecule has 0 aromatic carbocycles. The van der Waals surface area contributed by atoms with Gasteiger partial charge in [-0.2, -0.15) is 5.10 Å². The van der Waals surface area contributed by atoms with Crippen molar-refractivity contribution in [1.82, 2.24) is 19.3 Å². The van der Waals surface area contributed by atoms with Gasteiger partial charge in [0.2, 0.25) is 0 Å². The summed E-state index contributed by atoms with van der Waals surface area (Å²) in [6.45, 7) is 7.34. The van der Waals surface area contributed by atoms with Crippen LogP contribution in [0, 0.1) is 19.3 Å². The Balaban J connectivity index is 1.30. The number of aromatic nitrogens is 4. The molecule has 0 spiro atoms. The first-order valence-corrected chi connectivity index (χ1v) is 11.9. The van der Waals surface area contributed by atoms with Gasteiger partial charge in [-0.3, -0.25) is 4.68 Å². The fourth-order valence-electron chi connectivity index (χ4n) is 6.44. The summed E-state index contributed by atoms with van der Waals surface area (Å²) in [6.07, 6.45) is 10.6. The van der Waals surface area contributed by atoms with E-state index in [9.17, 15) is 0 Å². The van der Waals surface area contributed by atoms with Gasteiger partial charge < -0.3 is 15.2 Å². The van der Waals surface area contributed by atoms with Crippen molar-refractivity contribution in [3.63, 3.8) is 0 Å². The zero-order chi connectivity index (χ0) is 21.4. The first-order chi connectivity index (χ1) is 14.8. The van der Waals surface area contributed by atoms with Crippen LogP contribution in [-0.2, 0) is 26.6 Å². The topological polar surface area (TPSA) is 64.9 Å². The largest absolute Gasteiger partial charge is 0.366 e. The van der Waals surface area contributed by atoms with Crippen molar-refractivity contribution >= 4 is 16.7 Å². The van der Waals surface area contributed by atoms with Crippen molar-refractivity contribution < 1.29 is 0 Å². The van der Waals surface area contributed by atoms with Crippen LogP contribution in [0.2, 0.25) is 0 Å². The van der Waals surface area contributed by atoms with E-state index in [0.29, 0.717) is 5.41 Å². The Hall–Kier alpha value is -2.34. The molecule has 3 aromatic heterocycles. The van der Waals surface area contributed by atoms with Crippen LogP contribution in [0.3, 0.4) is 0 Å². The number of rotatable bonds is 3. The van der Waals surface area contributed by atoms with Crippen LogP contribution in [0.15, 0.2) is 18.3 Å². The van der Waals surface area contributed by atoms with E-state index in [1.165, 1.54) is 66.5 Å². The minimum Gasteiger partial charge on any atom is -0.366 e. The lowest BCUT2D eigenvalue weighted by Crippen LogP contribution is -2.53. The first-order valence-electron chi connectivity index (χ1n) is 11.9. The van der Waals surface area contributed by atoms with Gasteiger partial charge in [0.25, 0.3) is 0 Å². The van der Waals surface area contributed by atoms with Gasteiger partial charge in [0.15, 0.2) is 0 Å². The van der Waals surface area contributed by atoms with Crippen molar-refractivity contribution in [2.75, 3.05) is 11.4 Å². The smallest absolute Gasteiger partial charge is 0.141 e. The monoisotopic (exact) mass is 418 g/mol. The number of aryl methyl sites for hydroxylation is 3. The number of hydrogen-bond acceptors (Lipinski definition) is 4. The Kier molecular flexibility index (Phi) is 4.11. The highest BCUT2D eigenvalue weighted by Gasteiger charge is 2.47. The quantitative estimate of drug-likeness (QED) is 0.698. The average molecular weight is 419 g/mol. The summed E-state index contributed by atoms with van der Waals surface area (Å²) >= 11 is 0. The van der Waals surface area contributed by atoms with Gasteiger partial charge >= 0.3 is 0 Å². The van der Waals surface area contributed by atoms with Crippen molar-refractivity contribution in [2.24, 2.45) is 18.2 Å². The SMILES string of the molecule is Cc1cc(N2CCc3c(c(C)nn3CC34CCC(N)(CC3)CC4)C2)c2ccn(C)c2n1. The maximum Gasteiger partial charge on any atom is 0.141 e. The summed E-state index contributed by atoms with van der Waals surface area (Å²) in [7, 11) is 2.08. The molecular formula is C25H34N6. The summed E-state index contributed by atoms with van der Waals surface area (Å²) in [6, 6.07) is 4.45. The van der Waals surface area contributed by atoms with E-state index in [-0.39, 0.29) is 5.54 Å². The van der Waals surface area contributed by atoms with E-state index in [2.05, 4.69) is 53.4 Å². The van der Waals surface area contributed by atoms with Gasteiger partial charge in [-0.15, -0.1) is 0 Å². The highest BCUT2D eigenvalue weighted by Crippen LogP contribution is 2.52. The van der Waals surface area contributed by atoms with E-state index in [1.54, 1.807) is 0 Å². The molecule has 1 aliphatic heterocycles. The molecule has 4 aliphatic rings. The molecule has 6 nitrogen and oxygen atoms in total. The molecule has 6 heteroatoms. The molecular weight excluding hydrogens is 384 g/mol. The molecule has 0 unspecified atom stereocenters. The second-order valence-electron chi connectivity index (χ2n) is 10.6. The summed E-state index contributed by atoms with van der Waals surface area (Å²) in [4.78, 5) is 7.29. The van der Waals surface area contributed by atoms with Crippen LogP contribution in [0.4, 0.5) is 5.69 Å². The number of hydrogen-bond donors (Lipinski definition) is 1. The van der Waals surface area contributed by atoms with Crippen molar-refractivity contribution in [3.05, 3.63) is 41.0 Å². The number of anilines is 1. The molecule has 164 valence electrons. The standard InChI is InChI=1S/C25H34N6/c1-17-14-22(19-4-12-29(3)23(19)27-17)30-13-5-21-20(15-30)18(2)28-31(21)16-24-6-9-25(26,10-7-24)11-8-24/h4,12,14H,5-11,13,15-16,26H2,1-3H3. The average Bonchev–Trinajstić information content (AvgIpc) is 3.28. The Labute approximate surface area is 184 Å². The Bertz CT molecular complexity index is 1140. The maximum absolute atomic E-state index is 6.55. The molecule has 0 atom stereocenters. The van der Waals surface area contributed by atoms with Crippen LogP contribution in [0.1, 0.15) is 61.2 Å². The molecule has 0 amide bonds. The normalized spacial score (nSPS) is 27.8. The third-order valence-corrected chi connectivity index (χ3v) is 8.56. The Morgan fingerprint density at radius 3 is 2.58 bits per heavy atom. The molecule has 3 saturated carbocycles. The van der Waals surface area contributed by atoms with Crippen molar-refractivity contribution in [1.29, 1.82) is 0 Å². The Morgan fingerprint density at radius 1 is 1.10 bits per heavy atom. The Morgan fingerprint density at radius 2 is 1.84 bits per heavy atom. The predicted molar refractivity (Wildman–Crippen MR) is 124 cm³/mol. The molecule has 31 heavy (non-hydrogen) atoms. The summed E-state index contributed by atoms with van der Waals surface area (Å²) in [5.74, 6) is 0. The fraction of sp³-hybridized carbons (Fsp3) is 0.600. The van der Waals surface area contributed by atoms with Crippen LogP contribution in [0.5, 0.6) is 0 Å². The van der Waals surface area contributed by atoms with Crippen molar-refractivity contribution in [3.8, 4) is 0 Å². The molecule has 2 bridgehead atoms. The molecule has 3 aliphatic carbocycles. The lowest BCUT2D eigenvalue weighted by atomic mass is 9.57. The van der Waals surface area contributed by atoms with Gasteiger partial charge in [0.1, 0.15) is 5.65 Å². The summed E-state index contributed by atoms with van der Waals surface area (Å²) in [5.41, 5.74) is 14.6. The van der Waals surface area contributed by atoms with E-state index in [4.69, 9.17) is 15.8 Å². The number of nitrogens with two attached hydrogens (primary N) is 1. The fourth-order valence-corrected chi connectivity index (χ4v) is 6.44. The molecule has 2 N–H and O–H groups in total. The zero-order valence-electron chi connectivity index (χ0n) is 19.1. The van der Waals surface area contributed by atoms with Gasteiger partial charge in [0, 0.05) is 72.9 Å². The van der Waals surface area contributed by atoms with E-state index >= 15 is 0 Å². The minimum absolute atomic E-state index is 0.132. The van der Waals surface area contributed by atoms with E-state index in [1.807, 2.05) is 0 Å². The second kappa shape index (κ2) is 6.58. The van der Waals surface area contributed by atoms with Crippen LogP contribution in [0.25, 0.3) is 11.0 Å². The minimum atomic E-state index is 0.132. The molecule has 0 saturated heterocycles. The predicted octanol–water partition coefficient (Wildman–Crippen LogP) is 4.00. The van der Waals surface area contributed by atoms with Gasteiger partial charge in [-0.05, 0) is 69.9 Å². The number of nitrogens with zero attached hydrogens (tertiary/aromatic N) is 5. The maximum atomic E-state index is 6.55.